The molecular formula is C16H16N4O. The SMILES string of the molecule is Cc1nc2cc(NC(=O)Nc3ccccc3)ccc2n1C. The Labute approximate surface area is 122 Å². The first-order valence-electron chi connectivity index (χ1n) is 6.69. The van der Waals surface area contributed by atoms with Gasteiger partial charge < -0.3 is 15.2 Å². The molecule has 2 N–H and O–H groups in total. The number of benzene rings is 2. The number of hydrogen-bond donors (Lipinski definition) is 2. The normalized spacial score (nSPS) is 10.6. The number of aromatic nitrogens is 2. The third kappa shape index (κ3) is 2.72. The van der Waals surface area contributed by atoms with Crippen LogP contribution in [0, 0.1) is 6.92 Å². The van der Waals surface area contributed by atoms with Gasteiger partial charge in [-0.25, -0.2) is 9.78 Å². The number of urea groups is 1. The van der Waals surface area contributed by atoms with Crippen LogP contribution in [0.4, 0.5) is 16.2 Å². The second-order valence-corrected chi connectivity index (χ2v) is 4.87. The van der Waals surface area contributed by atoms with E-state index in [0.717, 1.165) is 22.5 Å². The molecule has 3 aromatic rings. The van der Waals surface area contributed by atoms with E-state index in [2.05, 4.69) is 15.6 Å². The monoisotopic (exact) mass is 280 g/mol. The van der Waals surface area contributed by atoms with Crippen molar-refractivity contribution in [3.8, 4) is 0 Å². The predicted octanol–water partition coefficient (Wildman–Crippen LogP) is 3.53. The molecule has 0 bridgehead atoms. The summed E-state index contributed by atoms with van der Waals surface area (Å²) in [4.78, 5) is 16.4. The van der Waals surface area contributed by atoms with Crippen molar-refractivity contribution in [3.63, 3.8) is 0 Å². The minimum atomic E-state index is -0.270. The molecule has 2 amide bonds. The molecule has 1 heterocycles. The Morgan fingerprint density at radius 1 is 1.05 bits per heavy atom. The number of carbonyl (C=O) groups excluding carboxylic acids is 1. The molecule has 0 saturated heterocycles. The van der Waals surface area contributed by atoms with E-state index in [4.69, 9.17) is 0 Å². The fourth-order valence-corrected chi connectivity index (χ4v) is 2.21. The lowest BCUT2D eigenvalue weighted by molar-refractivity contribution is 0.262. The van der Waals surface area contributed by atoms with Crippen molar-refractivity contribution in [3.05, 3.63) is 54.4 Å². The summed E-state index contributed by atoms with van der Waals surface area (Å²) in [6.07, 6.45) is 0. The van der Waals surface area contributed by atoms with E-state index >= 15 is 0 Å². The van der Waals surface area contributed by atoms with Gasteiger partial charge in [-0.2, -0.15) is 0 Å². The zero-order valence-corrected chi connectivity index (χ0v) is 11.9. The molecule has 0 fully saturated rings. The van der Waals surface area contributed by atoms with Crippen LogP contribution in [-0.2, 0) is 7.05 Å². The Morgan fingerprint density at radius 2 is 1.76 bits per heavy atom. The summed E-state index contributed by atoms with van der Waals surface area (Å²) in [7, 11) is 1.97. The molecule has 106 valence electrons. The van der Waals surface area contributed by atoms with E-state index in [0.29, 0.717) is 5.69 Å². The molecule has 5 heteroatoms. The summed E-state index contributed by atoms with van der Waals surface area (Å²) in [5, 5.41) is 5.59. The largest absolute Gasteiger partial charge is 0.331 e. The summed E-state index contributed by atoms with van der Waals surface area (Å²) in [6, 6.07) is 14.7. The Kier molecular flexibility index (Phi) is 3.31. The minimum Gasteiger partial charge on any atom is -0.331 e. The molecule has 0 unspecified atom stereocenters. The smallest absolute Gasteiger partial charge is 0.323 e. The first-order valence-corrected chi connectivity index (χ1v) is 6.69. The van der Waals surface area contributed by atoms with Crippen LogP contribution in [0.15, 0.2) is 48.5 Å². The number of amides is 2. The maximum atomic E-state index is 11.9. The number of rotatable bonds is 2. The minimum absolute atomic E-state index is 0.270. The summed E-state index contributed by atoms with van der Waals surface area (Å²) in [5.41, 5.74) is 3.38. The summed E-state index contributed by atoms with van der Waals surface area (Å²) in [6.45, 7) is 1.95. The third-order valence-electron chi connectivity index (χ3n) is 3.39. The molecule has 0 spiro atoms. The van der Waals surface area contributed by atoms with E-state index in [1.165, 1.54) is 0 Å². The summed E-state index contributed by atoms with van der Waals surface area (Å²) in [5.74, 6) is 0.941. The zero-order chi connectivity index (χ0) is 14.8. The topological polar surface area (TPSA) is 59.0 Å². The van der Waals surface area contributed by atoms with Crippen molar-refractivity contribution in [1.82, 2.24) is 9.55 Å². The lowest BCUT2D eigenvalue weighted by atomic mass is 10.2. The molecule has 1 aromatic heterocycles. The average molecular weight is 280 g/mol. The molecule has 5 nitrogen and oxygen atoms in total. The summed E-state index contributed by atoms with van der Waals surface area (Å²) < 4.78 is 2.02. The van der Waals surface area contributed by atoms with Gasteiger partial charge >= 0.3 is 6.03 Å². The van der Waals surface area contributed by atoms with Crippen LogP contribution in [-0.4, -0.2) is 15.6 Å². The van der Waals surface area contributed by atoms with E-state index in [-0.39, 0.29) is 6.03 Å². The van der Waals surface area contributed by atoms with Crippen molar-refractivity contribution in [2.75, 3.05) is 10.6 Å². The first kappa shape index (κ1) is 13.2. The molecule has 21 heavy (non-hydrogen) atoms. The predicted molar refractivity (Wildman–Crippen MR) is 84.5 cm³/mol. The van der Waals surface area contributed by atoms with Gasteiger partial charge in [0, 0.05) is 18.4 Å². The second kappa shape index (κ2) is 5.28. The lowest BCUT2D eigenvalue weighted by Crippen LogP contribution is -2.19. The van der Waals surface area contributed by atoms with Gasteiger partial charge in [0.2, 0.25) is 0 Å². The van der Waals surface area contributed by atoms with Gasteiger partial charge in [-0.1, -0.05) is 18.2 Å². The van der Waals surface area contributed by atoms with E-state index in [1.54, 1.807) is 0 Å². The van der Waals surface area contributed by atoms with Gasteiger partial charge in [0.1, 0.15) is 5.82 Å². The number of carbonyl (C=O) groups is 1. The third-order valence-corrected chi connectivity index (χ3v) is 3.39. The maximum absolute atomic E-state index is 11.9. The highest BCUT2D eigenvalue weighted by Gasteiger charge is 2.07. The highest BCUT2D eigenvalue weighted by atomic mass is 16.2. The number of imidazole rings is 1. The maximum Gasteiger partial charge on any atom is 0.323 e. The number of aryl methyl sites for hydroxylation is 2. The molecule has 3 rings (SSSR count). The van der Waals surface area contributed by atoms with Crippen LogP contribution in [0.2, 0.25) is 0 Å². The highest BCUT2D eigenvalue weighted by molar-refractivity contribution is 6.00. The van der Waals surface area contributed by atoms with Crippen LogP contribution >= 0.6 is 0 Å². The molecule has 2 aromatic carbocycles. The molecular weight excluding hydrogens is 264 g/mol. The van der Waals surface area contributed by atoms with Crippen molar-refractivity contribution in [1.29, 1.82) is 0 Å². The number of para-hydroxylation sites is 1. The number of nitrogens with one attached hydrogen (secondary N) is 2. The molecule has 0 saturated carbocycles. The molecule has 0 radical (unpaired) electrons. The Hall–Kier alpha value is -2.82. The molecule has 0 atom stereocenters. The summed E-state index contributed by atoms with van der Waals surface area (Å²) >= 11 is 0. The van der Waals surface area contributed by atoms with Crippen LogP contribution in [0.3, 0.4) is 0 Å². The fraction of sp³-hybridized carbons (Fsp3) is 0.125. The Morgan fingerprint density at radius 3 is 2.52 bits per heavy atom. The van der Waals surface area contributed by atoms with Crippen LogP contribution < -0.4 is 10.6 Å². The number of hydrogen-bond acceptors (Lipinski definition) is 2. The van der Waals surface area contributed by atoms with Gasteiger partial charge in [0.25, 0.3) is 0 Å². The Balaban J connectivity index is 1.77. The Bertz CT molecular complexity index is 793. The van der Waals surface area contributed by atoms with E-state index in [9.17, 15) is 4.79 Å². The second-order valence-electron chi connectivity index (χ2n) is 4.87. The molecule has 0 aliphatic rings. The van der Waals surface area contributed by atoms with Gasteiger partial charge in [0.05, 0.1) is 11.0 Å². The van der Waals surface area contributed by atoms with Gasteiger partial charge in [-0.05, 0) is 37.3 Å². The van der Waals surface area contributed by atoms with Crippen molar-refractivity contribution < 1.29 is 4.79 Å². The van der Waals surface area contributed by atoms with Crippen LogP contribution in [0.25, 0.3) is 11.0 Å². The highest BCUT2D eigenvalue weighted by Crippen LogP contribution is 2.19. The van der Waals surface area contributed by atoms with E-state index in [1.807, 2.05) is 67.1 Å². The standard InChI is InChI=1S/C16H16N4O/c1-11-17-14-10-13(8-9-15(14)20(11)2)19-16(21)18-12-6-4-3-5-7-12/h3-10H,1-2H3,(H2,18,19,21). The fourth-order valence-electron chi connectivity index (χ4n) is 2.21. The van der Waals surface area contributed by atoms with Gasteiger partial charge in [0.15, 0.2) is 0 Å². The first-order chi connectivity index (χ1) is 10.1. The van der Waals surface area contributed by atoms with Crippen LogP contribution in [0.5, 0.6) is 0 Å². The lowest BCUT2D eigenvalue weighted by Gasteiger charge is -2.07. The average Bonchev–Trinajstić information content (AvgIpc) is 2.74. The van der Waals surface area contributed by atoms with E-state index < -0.39 is 0 Å². The number of anilines is 2. The van der Waals surface area contributed by atoms with Crippen molar-refractivity contribution >= 4 is 28.4 Å². The zero-order valence-electron chi connectivity index (χ0n) is 11.9. The quantitative estimate of drug-likeness (QED) is 0.754. The number of nitrogens with zero attached hydrogens (tertiary/aromatic N) is 2. The van der Waals surface area contributed by atoms with Crippen molar-refractivity contribution in [2.24, 2.45) is 7.05 Å². The molecule has 0 aliphatic heterocycles. The van der Waals surface area contributed by atoms with Gasteiger partial charge in [-0.15, -0.1) is 0 Å². The van der Waals surface area contributed by atoms with Crippen molar-refractivity contribution in [2.45, 2.75) is 6.92 Å². The number of fused-ring (bicyclic) bond motifs is 1. The molecule has 0 aliphatic carbocycles. The van der Waals surface area contributed by atoms with Gasteiger partial charge in [-0.3, -0.25) is 0 Å². The van der Waals surface area contributed by atoms with Crippen LogP contribution in [0.1, 0.15) is 5.82 Å².